The van der Waals surface area contributed by atoms with Crippen LogP contribution in [0.4, 0.5) is 0 Å². The Morgan fingerprint density at radius 1 is 0.340 bits per heavy atom. The van der Waals surface area contributed by atoms with Crippen LogP contribution < -0.4 is 5.32 Å². The van der Waals surface area contributed by atoms with Gasteiger partial charge in [0.1, 0.15) is 73.2 Å². The van der Waals surface area contributed by atoms with Gasteiger partial charge in [0, 0.05) is 6.42 Å². The normalized spacial score (nSPS) is 26.2. The molecule has 0 spiro atoms. The monoisotopic (exact) mass is 1470 g/mol. The second-order valence-electron chi connectivity index (χ2n) is 30.6. The molecule has 606 valence electrons. The maximum absolute atomic E-state index is 13.5. The Kier molecular flexibility index (Phi) is 59.9. The number of ether oxygens (including phenoxy) is 6. The van der Waals surface area contributed by atoms with Gasteiger partial charge in [-0.2, -0.15) is 0 Å². The smallest absolute Gasteiger partial charge is 0.220 e. The first-order valence-corrected chi connectivity index (χ1v) is 42.7. The minimum atomic E-state index is -1.98. The number of rotatable bonds is 69. The molecule has 3 heterocycles. The standard InChI is InChI=1S/C84H157NO18/c1-3-5-7-9-11-13-15-17-19-21-23-25-27-29-30-31-32-33-34-35-36-38-39-41-43-45-47-49-51-53-55-57-59-61-68(89)67(85-72(90)62-60-58-56-54-52-50-48-46-44-42-40-37-28-26-24-22-20-18-16-14-12-10-8-6-4-2)66-98-82-78(96)75(93)80(70(64-87)100-82)103-84-79(97)76(94)81(71(65-88)101-84)102-83-77(95)74(92)73(91)69(63-86)99-83/h43,45,51,53,59,61,67-71,73-84,86-89,91-97H,3-42,44,46-50,52,54-58,60,62-66H2,1-2H3,(H,85,90)/b45-43+,53-51+,61-59+. The van der Waals surface area contributed by atoms with Crippen molar-refractivity contribution in [3.05, 3.63) is 36.5 Å². The summed E-state index contributed by atoms with van der Waals surface area (Å²) in [6.07, 6.45) is 54.4. The third-order valence-electron chi connectivity index (χ3n) is 21.4. The van der Waals surface area contributed by atoms with E-state index < -0.39 is 124 Å². The van der Waals surface area contributed by atoms with Crippen molar-refractivity contribution in [1.29, 1.82) is 0 Å². The van der Waals surface area contributed by atoms with Crippen molar-refractivity contribution >= 4 is 5.91 Å². The number of nitrogens with one attached hydrogen (secondary N) is 1. The number of allylic oxidation sites excluding steroid dienone is 5. The number of aliphatic hydroxyl groups is 11. The van der Waals surface area contributed by atoms with E-state index in [9.17, 15) is 61.0 Å². The molecule has 19 nitrogen and oxygen atoms in total. The molecule has 17 unspecified atom stereocenters. The molecule has 0 aromatic rings. The Bertz CT molecular complexity index is 2000. The van der Waals surface area contributed by atoms with E-state index in [1.165, 1.54) is 283 Å². The molecule has 3 fully saturated rings. The number of aliphatic hydroxyl groups excluding tert-OH is 11. The van der Waals surface area contributed by atoms with E-state index in [0.29, 0.717) is 12.8 Å². The van der Waals surface area contributed by atoms with Crippen LogP contribution in [-0.2, 0) is 33.2 Å². The maximum Gasteiger partial charge on any atom is 0.220 e. The molecule has 0 bridgehead atoms. The summed E-state index contributed by atoms with van der Waals surface area (Å²) < 4.78 is 34.5. The summed E-state index contributed by atoms with van der Waals surface area (Å²) in [7, 11) is 0. The predicted molar refractivity (Wildman–Crippen MR) is 411 cm³/mol. The Hall–Kier alpha value is -1.99. The van der Waals surface area contributed by atoms with Crippen molar-refractivity contribution in [2.75, 3.05) is 26.4 Å². The van der Waals surface area contributed by atoms with Crippen LogP contribution >= 0.6 is 0 Å². The lowest BCUT2D eigenvalue weighted by Gasteiger charge is -2.48. The number of carbonyl (C=O) groups is 1. The first kappa shape index (κ1) is 95.2. The number of hydrogen-bond donors (Lipinski definition) is 12. The summed E-state index contributed by atoms with van der Waals surface area (Å²) in [5.41, 5.74) is 0. The molecule has 0 radical (unpaired) electrons. The molecular weight excluding hydrogens is 1310 g/mol. The van der Waals surface area contributed by atoms with Crippen molar-refractivity contribution in [3.8, 4) is 0 Å². The minimum Gasteiger partial charge on any atom is -0.394 e. The van der Waals surface area contributed by atoms with Gasteiger partial charge >= 0.3 is 0 Å². The highest BCUT2D eigenvalue weighted by Gasteiger charge is 2.54. The van der Waals surface area contributed by atoms with Crippen LogP contribution in [0.15, 0.2) is 36.5 Å². The molecule has 0 aliphatic carbocycles. The Labute approximate surface area is 625 Å². The first-order valence-electron chi connectivity index (χ1n) is 42.7. The van der Waals surface area contributed by atoms with Gasteiger partial charge in [-0.05, 0) is 44.9 Å². The van der Waals surface area contributed by atoms with E-state index in [0.717, 1.165) is 44.9 Å². The van der Waals surface area contributed by atoms with E-state index in [1.54, 1.807) is 6.08 Å². The zero-order valence-electron chi connectivity index (χ0n) is 65.1. The lowest BCUT2D eigenvalue weighted by atomic mass is 9.96. The largest absolute Gasteiger partial charge is 0.394 e. The molecular formula is C84H157NO18. The molecule has 3 aliphatic heterocycles. The molecule has 3 rings (SSSR count). The molecule has 12 N–H and O–H groups in total. The lowest BCUT2D eigenvalue weighted by molar-refractivity contribution is -0.379. The molecule has 1 amide bonds. The van der Waals surface area contributed by atoms with Crippen LogP contribution in [0.2, 0.25) is 0 Å². The van der Waals surface area contributed by atoms with Gasteiger partial charge in [0.2, 0.25) is 5.91 Å². The SMILES string of the molecule is CCCCCCCCCCCCCCCCCCCCCCCCC/C=C/CC/C=C/CC/C=C/C(O)C(COC1OC(CO)C(OC2OC(CO)C(OC3OC(CO)C(O)C(O)C3O)C(O)C2O)C(O)C1O)NC(=O)CCCCCCCCCCCCCCCCCCCCCCCCCCC. The number of amides is 1. The lowest BCUT2D eigenvalue weighted by Crippen LogP contribution is -2.66. The number of unbranched alkanes of at least 4 members (excludes halogenated alkanes) is 49. The molecule has 103 heavy (non-hydrogen) atoms. The van der Waals surface area contributed by atoms with Gasteiger partial charge in [-0.15, -0.1) is 0 Å². The van der Waals surface area contributed by atoms with Gasteiger partial charge in [-0.25, -0.2) is 0 Å². The summed E-state index contributed by atoms with van der Waals surface area (Å²) in [5.74, 6) is -0.282. The Morgan fingerprint density at radius 3 is 0.971 bits per heavy atom. The highest BCUT2D eigenvalue weighted by atomic mass is 16.8. The summed E-state index contributed by atoms with van der Waals surface area (Å²) in [6, 6.07) is -0.996. The van der Waals surface area contributed by atoms with Crippen LogP contribution in [0.3, 0.4) is 0 Å². The van der Waals surface area contributed by atoms with Crippen molar-refractivity contribution in [2.45, 2.75) is 465 Å². The highest BCUT2D eigenvalue weighted by Crippen LogP contribution is 2.33. The summed E-state index contributed by atoms with van der Waals surface area (Å²) in [5, 5.41) is 121. The third-order valence-corrected chi connectivity index (χ3v) is 21.4. The third kappa shape index (κ3) is 44.5. The first-order chi connectivity index (χ1) is 50.3. The fraction of sp³-hybridized carbons (Fsp3) is 0.917. The van der Waals surface area contributed by atoms with E-state index in [-0.39, 0.29) is 18.9 Å². The fourth-order valence-corrected chi connectivity index (χ4v) is 14.6. The number of hydrogen-bond acceptors (Lipinski definition) is 18. The van der Waals surface area contributed by atoms with Crippen LogP contribution in [0, 0.1) is 0 Å². The molecule has 17 atom stereocenters. The average molecular weight is 1470 g/mol. The van der Waals surface area contributed by atoms with Crippen LogP contribution in [0.1, 0.15) is 361 Å². The second kappa shape index (κ2) is 64.8. The van der Waals surface area contributed by atoms with Crippen molar-refractivity contribution in [3.63, 3.8) is 0 Å². The van der Waals surface area contributed by atoms with Crippen molar-refractivity contribution in [2.24, 2.45) is 0 Å². The van der Waals surface area contributed by atoms with E-state index in [4.69, 9.17) is 28.4 Å². The quantitative estimate of drug-likeness (QED) is 0.0199. The molecule has 3 saturated heterocycles. The maximum atomic E-state index is 13.5. The average Bonchev–Trinajstić information content (AvgIpc) is 0.781. The summed E-state index contributed by atoms with van der Waals surface area (Å²) in [4.78, 5) is 13.5. The molecule has 3 aliphatic rings. The van der Waals surface area contributed by atoms with Crippen LogP contribution in [0.25, 0.3) is 0 Å². The summed E-state index contributed by atoms with van der Waals surface area (Å²) in [6.45, 7) is 1.77. The minimum absolute atomic E-state index is 0.236. The zero-order valence-corrected chi connectivity index (χ0v) is 65.1. The topological polar surface area (TPSA) is 307 Å². The molecule has 19 heteroatoms. The highest BCUT2D eigenvalue weighted by molar-refractivity contribution is 5.76. The van der Waals surface area contributed by atoms with Gasteiger partial charge < -0.3 is 89.9 Å². The van der Waals surface area contributed by atoms with E-state index in [1.807, 2.05) is 6.08 Å². The van der Waals surface area contributed by atoms with E-state index in [2.05, 4.69) is 43.5 Å². The van der Waals surface area contributed by atoms with Gasteiger partial charge in [-0.3, -0.25) is 4.79 Å². The predicted octanol–water partition coefficient (Wildman–Crippen LogP) is 15.1. The molecule has 0 aromatic heterocycles. The van der Waals surface area contributed by atoms with Crippen molar-refractivity contribution < 1.29 is 89.4 Å². The van der Waals surface area contributed by atoms with Crippen LogP contribution in [-0.4, -0.2) is 193 Å². The van der Waals surface area contributed by atoms with Crippen LogP contribution in [0.5, 0.6) is 0 Å². The van der Waals surface area contributed by atoms with Gasteiger partial charge in [0.25, 0.3) is 0 Å². The second-order valence-corrected chi connectivity index (χ2v) is 30.6. The Balaban J connectivity index is 1.37. The van der Waals surface area contributed by atoms with Crippen molar-refractivity contribution in [1.82, 2.24) is 5.32 Å². The Morgan fingerprint density at radius 2 is 0.621 bits per heavy atom. The molecule has 0 saturated carbocycles. The zero-order chi connectivity index (χ0) is 74.6. The van der Waals surface area contributed by atoms with Gasteiger partial charge in [-0.1, -0.05) is 346 Å². The molecule has 0 aromatic carbocycles. The fourth-order valence-electron chi connectivity index (χ4n) is 14.6. The van der Waals surface area contributed by atoms with Gasteiger partial charge in [0.15, 0.2) is 18.9 Å². The summed E-state index contributed by atoms with van der Waals surface area (Å²) >= 11 is 0. The number of carbonyl (C=O) groups excluding carboxylic acids is 1. The van der Waals surface area contributed by atoms with Gasteiger partial charge in [0.05, 0.1) is 38.6 Å². The van der Waals surface area contributed by atoms with E-state index >= 15 is 0 Å².